The molecule has 0 saturated carbocycles. The largest absolute Gasteiger partial charge is 0.507 e. The van der Waals surface area contributed by atoms with Crippen molar-refractivity contribution in [3.8, 4) is 29.0 Å². The molecule has 0 spiro atoms. The summed E-state index contributed by atoms with van der Waals surface area (Å²) in [4.78, 5) is 14.1. The second-order valence-electron chi connectivity index (χ2n) is 4.28. The van der Waals surface area contributed by atoms with Crippen LogP contribution in [0.2, 0.25) is 5.02 Å². The maximum absolute atomic E-state index is 11.8. The summed E-state index contributed by atoms with van der Waals surface area (Å²) in [6.45, 7) is 1.58. The van der Waals surface area contributed by atoms with Gasteiger partial charge in [0.25, 0.3) is 5.56 Å². The van der Waals surface area contributed by atoms with Gasteiger partial charge in [0.15, 0.2) is 0 Å². The van der Waals surface area contributed by atoms with Crippen LogP contribution in [-0.2, 0) is 0 Å². The number of nitriles is 2. The number of hydrogen-bond acceptors (Lipinski definition) is 5. The standard InChI is InChI=1S/C14H9ClN4O2/c1-6-10(15)3-2-7(12(6)20)11-8(4-16)13(18)19-14(21)9(11)5-17/h2-3,20H,1H3,(H3,18,19,21). The molecular weight excluding hydrogens is 292 g/mol. The van der Waals surface area contributed by atoms with Crippen LogP contribution in [0.3, 0.4) is 0 Å². The molecule has 0 aliphatic carbocycles. The fraction of sp³-hybridized carbons (Fsp3) is 0.0714. The van der Waals surface area contributed by atoms with Crippen LogP contribution in [0.25, 0.3) is 11.1 Å². The van der Waals surface area contributed by atoms with Crippen molar-refractivity contribution in [3.05, 3.63) is 44.2 Å². The number of nitrogens with zero attached hydrogens (tertiary/aromatic N) is 2. The van der Waals surface area contributed by atoms with Gasteiger partial charge in [-0.25, -0.2) is 0 Å². The zero-order chi connectivity index (χ0) is 15.7. The third kappa shape index (κ3) is 2.18. The van der Waals surface area contributed by atoms with Gasteiger partial charge < -0.3 is 15.8 Å². The first-order chi connectivity index (χ1) is 9.92. The molecule has 7 heteroatoms. The minimum Gasteiger partial charge on any atom is -0.507 e. The molecule has 1 aromatic heterocycles. The van der Waals surface area contributed by atoms with Gasteiger partial charge in [0.05, 0.1) is 0 Å². The highest BCUT2D eigenvalue weighted by molar-refractivity contribution is 6.31. The summed E-state index contributed by atoms with van der Waals surface area (Å²) in [5, 5.41) is 28.9. The van der Waals surface area contributed by atoms with Crippen LogP contribution in [0, 0.1) is 29.6 Å². The predicted octanol–water partition coefficient (Wildman–Crippen LogP) is 2.03. The Morgan fingerprint density at radius 3 is 2.48 bits per heavy atom. The smallest absolute Gasteiger partial charge is 0.268 e. The highest BCUT2D eigenvalue weighted by Gasteiger charge is 2.21. The van der Waals surface area contributed by atoms with Crippen molar-refractivity contribution in [2.75, 3.05) is 5.73 Å². The Morgan fingerprint density at radius 1 is 1.29 bits per heavy atom. The minimum absolute atomic E-state index is 0.00137. The van der Waals surface area contributed by atoms with E-state index in [0.29, 0.717) is 10.6 Å². The molecule has 0 fully saturated rings. The Hall–Kier alpha value is -2.96. The number of nitrogens with one attached hydrogen (secondary N) is 1. The molecule has 21 heavy (non-hydrogen) atoms. The van der Waals surface area contributed by atoms with E-state index < -0.39 is 5.56 Å². The van der Waals surface area contributed by atoms with Crippen LogP contribution >= 0.6 is 11.6 Å². The molecule has 6 nitrogen and oxygen atoms in total. The average molecular weight is 301 g/mol. The number of aromatic hydroxyl groups is 1. The number of rotatable bonds is 1. The number of H-pyrrole nitrogens is 1. The van der Waals surface area contributed by atoms with E-state index in [4.69, 9.17) is 22.6 Å². The Balaban J connectivity index is 3.01. The van der Waals surface area contributed by atoms with Gasteiger partial charge in [-0.2, -0.15) is 10.5 Å². The van der Waals surface area contributed by atoms with Gasteiger partial charge in [0.1, 0.15) is 34.8 Å². The number of phenolic OH excluding ortho intramolecular Hbond substituents is 1. The number of nitrogens with two attached hydrogens (primary N) is 1. The summed E-state index contributed by atoms with van der Waals surface area (Å²) in [5.41, 5.74) is 5.05. The molecule has 104 valence electrons. The maximum Gasteiger partial charge on any atom is 0.268 e. The van der Waals surface area contributed by atoms with Crippen molar-refractivity contribution in [2.24, 2.45) is 0 Å². The second kappa shape index (κ2) is 5.20. The van der Waals surface area contributed by atoms with E-state index in [0.717, 1.165) is 0 Å². The lowest BCUT2D eigenvalue weighted by molar-refractivity contribution is 0.473. The first kappa shape index (κ1) is 14.4. The van der Waals surface area contributed by atoms with E-state index in [2.05, 4.69) is 4.98 Å². The first-order valence-corrected chi connectivity index (χ1v) is 6.14. The second-order valence-corrected chi connectivity index (χ2v) is 4.69. The number of hydrogen-bond donors (Lipinski definition) is 3. The first-order valence-electron chi connectivity index (χ1n) is 5.76. The van der Waals surface area contributed by atoms with E-state index in [9.17, 15) is 15.2 Å². The molecule has 0 radical (unpaired) electrons. The molecule has 1 aromatic carbocycles. The normalized spacial score (nSPS) is 9.90. The van der Waals surface area contributed by atoms with Gasteiger partial charge in [-0.1, -0.05) is 11.6 Å². The Labute approximate surface area is 124 Å². The summed E-state index contributed by atoms with van der Waals surface area (Å²) < 4.78 is 0. The number of phenols is 1. The Bertz CT molecular complexity index is 888. The van der Waals surface area contributed by atoms with E-state index in [-0.39, 0.29) is 33.8 Å². The minimum atomic E-state index is -0.726. The van der Waals surface area contributed by atoms with Crippen molar-refractivity contribution in [3.63, 3.8) is 0 Å². The van der Waals surface area contributed by atoms with Crippen molar-refractivity contribution in [1.82, 2.24) is 4.98 Å². The number of anilines is 1. The average Bonchev–Trinajstić information content (AvgIpc) is 2.44. The van der Waals surface area contributed by atoms with Gasteiger partial charge in [0, 0.05) is 21.7 Å². The number of halogens is 1. The van der Waals surface area contributed by atoms with Gasteiger partial charge in [-0.05, 0) is 19.1 Å². The summed E-state index contributed by atoms with van der Waals surface area (Å²) in [7, 11) is 0. The zero-order valence-corrected chi connectivity index (χ0v) is 11.6. The maximum atomic E-state index is 11.8. The fourth-order valence-electron chi connectivity index (χ4n) is 1.99. The van der Waals surface area contributed by atoms with E-state index >= 15 is 0 Å². The van der Waals surface area contributed by atoms with Gasteiger partial charge in [0.2, 0.25) is 0 Å². The molecule has 0 saturated heterocycles. The lowest BCUT2D eigenvalue weighted by Crippen LogP contribution is -2.16. The lowest BCUT2D eigenvalue weighted by Gasteiger charge is -2.12. The van der Waals surface area contributed by atoms with Gasteiger partial charge in [-0.3, -0.25) is 4.79 Å². The number of aromatic nitrogens is 1. The van der Waals surface area contributed by atoms with E-state index in [1.807, 2.05) is 6.07 Å². The zero-order valence-electron chi connectivity index (χ0n) is 10.9. The van der Waals surface area contributed by atoms with E-state index in [1.54, 1.807) is 13.0 Å². The summed E-state index contributed by atoms with van der Waals surface area (Å²) in [5.74, 6) is -0.371. The molecule has 0 amide bonds. The van der Waals surface area contributed by atoms with Crippen LogP contribution in [0.1, 0.15) is 16.7 Å². The monoisotopic (exact) mass is 300 g/mol. The van der Waals surface area contributed by atoms with Crippen LogP contribution in [-0.4, -0.2) is 10.1 Å². The number of benzene rings is 1. The quantitative estimate of drug-likeness (QED) is 0.742. The Kier molecular flexibility index (Phi) is 3.58. The lowest BCUT2D eigenvalue weighted by atomic mass is 9.94. The van der Waals surface area contributed by atoms with E-state index in [1.165, 1.54) is 12.1 Å². The van der Waals surface area contributed by atoms with Crippen LogP contribution in [0.4, 0.5) is 5.82 Å². The van der Waals surface area contributed by atoms with Crippen LogP contribution in [0.15, 0.2) is 16.9 Å². The van der Waals surface area contributed by atoms with Crippen molar-refractivity contribution < 1.29 is 5.11 Å². The highest BCUT2D eigenvalue weighted by atomic mass is 35.5. The topological polar surface area (TPSA) is 127 Å². The predicted molar refractivity (Wildman–Crippen MR) is 77.8 cm³/mol. The molecule has 0 aliphatic heterocycles. The SMILES string of the molecule is Cc1c(Cl)ccc(-c2c(C#N)c(N)[nH]c(=O)c2C#N)c1O. The van der Waals surface area contributed by atoms with Gasteiger partial charge >= 0.3 is 0 Å². The molecule has 0 aliphatic rings. The molecule has 0 unspecified atom stereocenters. The molecule has 1 heterocycles. The molecule has 4 N–H and O–H groups in total. The molecule has 2 rings (SSSR count). The number of pyridine rings is 1. The summed E-state index contributed by atoms with van der Waals surface area (Å²) in [6, 6.07) is 6.50. The van der Waals surface area contributed by atoms with Crippen LogP contribution < -0.4 is 11.3 Å². The molecule has 0 bridgehead atoms. The van der Waals surface area contributed by atoms with Crippen molar-refractivity contribution in [2.45, 2.75) is 6.92 Å². The highest BCUT2D eigenvalue weighted by Crippen LogP contribution is 2.38. The summed E-state index contributed by atoms with van der Waals surface area (Å²) >= 11 is 5.90. The third-order valence-corrected chi connectivity index (χ3v) is 3.51. The molecular formula is C14H9ClN4O2. The summed E-state index contributed by atoms with van der Waals surface area (Å²) in [6.07, 6.45) is 0. The van der Waals surface area contributed by atoms with Gasteiger partial charge in [-0.15, -0.1) is 0 Å². The Morgan fingerprint density at radius 2 is 1.90 bits per heavy atom. The third-order valence-electron chi connectivity index (χ3n) is 3.10. The van der Waals surface area contributed by atoms with Crippen molar-refractivity contribution >= 4 is 17.4 Å². The molecule has 2 aromatic rings. The number of nitrogen functional groups attached to an aromatic ring is 1. The van der Waals surface area contributed by atoms with Crippen LogP contribution in [0.5, 0.6) is 5.75 Å². The fourth-order valence-corrected chi connectivity index (χ4v) is 2.14. The van der Waals surface area contributed by atoms with Crippen molar-refractivity contribution in [1.29, 1.82) is 10.5 Å². The number of aromatic amines is 1. The molecule has 0 atom stereocenters.